The normalized spacial score (nSPS) is 17.7. The van der Waals surface area contributed by atoms with E-state index in [1.807, 2.05) is 24.3 Å². The molecule has 1 aliphatic rings. The van der Waals surface area contributed by atoms with E-state index in [4.69, 9.17) is 0 Å². The summed E-state index contributed by atoms with van der Waals surface area (Å²) in [6.45, 7) is 4.17. The average molecular weight is 150 g/mol. The minimum Gasteiger partial charge on any atom is -0.512 e. The lowest BCUT2D eigenvalue weighted by molar-refractivity contribution is 0.389. The van der Waals surface area contributed by atoms with Crippen LogP contribution in [0.4, 0.5) is 0 Å². The van der Waals surface area contributed by atoms with E-state index < -0.39 is 0 Å². The van der Waals surface area contributed by atoms with E-state index in [1.54, 1.807) is 0 Å². The molecule has 0 aromatic heterocycles. The molecule has 0 atom stereocenters. The monoisotopic (exact) mass is 150 g/mol. The third-order valence-corrected chi connectivity index (χ3v) is 1.79. The standard InChI is InChI=1S/C10H14O/c1-8(2)9-6-4-3-5-7-10(9)11/h3-6,8,11H,7H2,1-2H3. The molecule has 0 saturated heterocycles. The largest absolute Gasteiger partial charge is 0.512 e. The lowest BCUT2D eigenvalue weighted by Gasteiger charge is -2.07. The van der Waals surface area contributed by atoms with Crippen molar-refractivity contribution >= 4 is 0 Å². The van der Waals surface area contributed by atoms with E-state index in [9.17, 15) is 5.11 Å². The number of hydrogen-bond acceptors (Lipinski definition) is 1. The molecule has 1 N–H and O–H groups in total. The summed E-state index contributed by atoms with van der Waals surface area (Å²) in [7, 11) is 0. The maximum absolute atomic E-state index is 9.50. The molecule has 0 fully saturated rings. The summed E-state index contributed by atoms with van der Waals surface area (Å²) in [6.07, 6.45) is 8.54. The van der Waals surface area contributed by atoms with Crippen LogP contribution in [-0.4, -0.2) is 5.11 Å². The van der Waals surface area contributed by atoms with Crippen molar-refractivity contribution in [3.63, 3.8) is 0 Å². The van der Waals surface area contributed by atoms with Crippen LogP contribution in [0.5, 0.6) is 0 Å². The fraction of sp³-hybridized carbons (Fsp3) is 0.400. The van der Waals surface area contributed by atoms with Crippen LogP contribution in [0.15, 0.2) is 35.6 Å². The van der Waals surface area contributed by atoms with Crippen LogP contribution in [0.1, 0.15) is 20.3 Å². The van der Waals surface area contributed by atoms with Gasteiger partial charge in [0.25, 0.3) is 0 Å². The molecule has 60 valence electrons. The first-order valence-electron chi connectivity index (χ1n) is 3.97. The molecule has 0 radical (unpaired) electrons. The second-order valence-corrected chi connectivity index (χ2v) is 3.05. The van der Waals surface area contributed by atoms with Crippen molar-refractivity contribution < 1.29 is 5.11 Å². The number of rotatable bonds is 1. The SMILES string of the molecule is CC(C)C1=C(O)CC=CC=C1. The molecular formula is C10H14O. The zero-order valence-electron chi connectivity index (χ0n) is 7.04. The van der Waals surface area contributed by atoms with Crippen molar-refractivity contribution in [2.45, 2.75) is 20.3 Å². The first-order valence-corrected chi connectivity index (χ1v) is 3.97. The lowest BCUT2D eigenvalue weighted by Crippen LogP contribution is -1.95. The molecule has 0 aromatic carbocycles. The molecule has 1 aliphatic carbocycles. The van der Waals surface area contributed by atoms with Crippen molar-refractivity contribution in [1.82, 2.24) is 0 Å². The molecule has 11 heavy (non-hydrogen) atoms. The third kappa shape index (κ3) is 1.97. The Morgan fingerprint density at radius 2 is 2.09 bits per heavy atom. The van der Waals surface area contributed by atoms with Gasteiger partial charge < -0.3 is 5.11 Å². The van der Waals surface area contributed by atoms with Gasteiger partial charge in [0, 0.05) is 6.42 Å². The van der Waals surface area contributed by atoms with Gasteiger partial charge in [-0.25, -0.2) is 0 Å². The van der Waals surface area contributed by atoms with Crippen LogP contribution in [0.25, 0.3) is 0 Å². The number of hydrogen-bond donors (Lipinski definition) is 1. The highest BCUT2D eigenvalue weighted by molar-refractivity contribution is 5.30. The maximum Gasteiger partial charge on any atom is 0.0994 e. The Bertz CT molecular complexity index is 219. The topological polar surface area (TPSA) is 20.2 Å². The first-order chi connectivity index (χ1) is 5.22. The Kier molecular flexibility index (Phi) is 2.53. The predicted octanol–water partition coefficient (Wildman–Crippen LogP) is 2.97. The zero-order valence-corrected chi connectivity index (χ0v) is 7.04. The van der Waals surface area contributed by atoms with Gasteiger partial charge in [-0.15, -0.1) is 0 Å². The fourth-order valence-corrected chi connectivity index (χ4v) is 1.16. The average Bonchev–Trinajstić information content (AvgIpc) is 2.13. The van der Waals surface area contributed by atoms with Crippen molar-refractivity contribution in [2.75, 3.05) is 0 Å². The molecule has 1 rings (SSSR count). The van der Waals surface area contributed by atoms with Gasteiger partial charge >= 0.3 is 0 Å². The minimum absolute atomic E-state index is 0.408. The van der Waals surface area contributed by atoms with Crippen molar-refractivity contribution in [3.8, 4) is 0 Å². The van der Waals surface area contributed by atoms with Crippen molar-refractivity contribution in [1.29, 1.82) is 0 Å². The van der Waals surface area contributed by atoms with Crippen molar-refractivity contribution in [2.24, 2.45) is 5.92 Å². The Balaban J connectivity index is 2.89. The predicted molar refractivity (Wildman–Crippen MR) is 47.4 cm³/mol. The van der Waals surface area contributed by atoms with Gasteiger partial charge in [0.2, 0.25) is 0 Å². The van der Waals surface area contributed by atoms with E-state index in [1.165, 1.54) is 0 Å². The maximum atomic E-state index is 9.50. The molecule has 0 heterocycles. The van der Waals surface area contributed by atoms with Crippen LogP contribution in [0.3, 0.4) is 0 Å². The molecule has 0 unspecified atom stereocenters. The van der Waals surface area contributed by atoms with E-state index in [0.717, 1.165) is 5.57 Å². The summed E-state index contributed by atoms with van der Waals surface area (Å²) < 4.78 is 0. The van der Waals surface area contributed by atoms with Gasteiger partial charge in [0.15, 0.2) is 0 Å². The highest BCUT2D eigenvalue weighted by atomic mass is 16.3. The van der Waals surface area contributed by atoms with Crippen LogP contribution in [-0.2, 0) is 0 Å². The summed E-state index contributed by atoms with van der Waals surface area (Å²) in [4.78, 5) is 0. The summed E-state index contributed by atoms with van der Waals surface area (Å²) in [5.41, 5.74) is 1.05. The molecule has 1 nitrogen and oxygen atoms in total. The van der Waals surface area contributed by atoms with Gasteiger partial charge in [-0.2, -0.15) is 0 Å². The zero-order chi connectivity index (χ0) is 8.27. The van der Waals surface area contributed by atoms with Gasteiger partial charge in [-0.3, -0.25) is 0 Å². The Labute approximate surface area is 67.7 Å². The molecule has 0 saturated carbocycles. The van der Waals surface area contributed by atoms with Gasteiger partial charge in [0.1, 0.15) is 0 Å². The summed E-state index contributed by atoms with van der Waals surface area (Å²) >= 11 is 0. The van der Waals surface area contributed by atoms with Gasteiger partial charge in [-0.05, 0) is 11.5 Å². The molecular weight excluding hydrogens is 136 g/mol. The lowest BCUT2D eigenvalue weighted by atomic mass is 10.0. The minimum atomic E-state index is 0.408. The number of allylic oxidation sites excluding steroid dienone is 5. The van der Waals surface area contributed by atoms with E-state index in [0.29, 0.717) is 18.1 Å². The van der Waals surface area contributed by atoms with Gasteiger partial charge in [-0.1, -0.05) is 38.2 Å². The highest BCUT2D eigenvalue weighted by Crippen LogP contribution is 2.19. The van der Waals surface area contributed by atoms with E-state index in [-0.39, 0.29) is 0 Å². The number of aliphatic hydroxyl groups is 1. The summed E-state index contributed by atoms with van der Waals surface area (Å²) in [5.74, 6) is 0.913. The van der Waals surface area contributed by atoms with Crippen LogP contribution < -0.4 is 0 Å². The van der Waals surface area contributed by atoms with Gasteiger partial charge in [0.05, 0.1) is 5.76 Å². The molecule has 0 aliphatic heterocycles. The first kappa shape index (κ1) is 8.12. The van der Waals surface area contributed by atoms with E-state index in [2.05, 4.69) is 13.8 Å². The Morgan fingerprint density at radius 3 is 2.73 bits per heavy atom. The molecule has 1 heteroatoms. The molecule has 0 bridgehead atoms. The molecule has 0 spiro atoms. The molecule has 0 amide bonds. The van der Waals surface area contributed by atoms with Crippen LogP contribution >= 0.6 is 0 Å². The highest BCUT2D eigenvalue weighted by Gasteiger charge is 2.06. The second-order valence-electron chi connectivity index (χ2n) is 3.05. The Hall–Kier alpha value is -0.980. The van der Waals surface area contributed by atoms with E-state index >= 15 is 0 Å². The molecule has 0 aromatic rings. The third-order valence-electron chi connectivity index (χ3n) is 1.79. The van der Waals surface area contributed by atoms with Crippen LogP contribution in [0, 0.1) is 5.92 Å². The summed E-state index contributed by atoms with van der Waals surface area (Å²) in [5, 5.41) is 9.50. The van der Waals surface area contributed by atoms with Crippen molar-refractivity contribution in [3.05, 3.63) is 35.6 Å². The fourth-order valence-electron chi connectivity index (χ4n) is 1.16. The quantitative estimate of drug-likeness (QED) is 0.609. The second kappa shape index (κ2) is 3.42. The smallest absolute Gasteiger partial charge is 0.0994 e. The van der Waals surface area contributed by atoms with Crippen LogP contribution in [0.2, 0.25) is 0 Å². The number of aliphatic hydroxyl groups excluding tert-OH is 1. The summed E-state index contributed by atoms with van der Waals surface area (Å²) in [6, 6.07) is 0. The Morgan fingerprint density at radius 1 is 1.36 bits per heavy atom.